The Hall–Kier alpha value is -2.08. The van der Waals surface area contributed by atoms with Crippen LogP contribution in [0.4, 0.5) is 0 Å². The average Bonchev–Trinajstić information content (AvgIpc) is 3.04. The smallest absolute Gasteiger partial charge is 0.279 e. The molecule has 0 spiro atoms. The lowest BCUT2D eigenvalue weighted by Gasteiger charge is -2.21. The monoisotopic (exact) mass is 326 g/mol. The fraction of sp³-hybridized carbons (Fsp3) is 0.353. The first-order valence-electron chi connectivity index (χ1n) is 7.87. The third-order valence-electron chi connectivity index (χ3n) is 4.39. The first-order chi connectivity index (χ1) is 11.3. The minimum absolute atomic E-state index is 0.00631. The van der Waals surface area contributed by atoms with Crippen molar-refractivity contribution in [2.45, 2.75) is 37.4 Å². The van der Waals surface area contributed by atoms with Crippen LogP contribution in [0.1, 0.15) is 29.7 Å². The van der Waals surface area contributed by atoms with Crippen molar-refractivity contribution >= 4 is 17.5 Å². The van der Waals surface area contributed by atoms with Gasteiger partial charge in [0.1, 0.15) is 0 Å². The maximum atomic E-state index is 12.7. The number of nitrogens with zero attached hydrogens (tertiary/aromatic N) is 4. The molecule has 0 radical (unpaired) electrons. The Labute approximate surface area is 138 Å². The predicted octanol–water partition coefficient (Wildman–Crippen LogP) is 2.54. The maximum Gasteiger partial charge on any atom is 0.279 e. The van der Waals surface area contributed by atoms with Crippen LogP contribution in [-0.2, 0) is 19.4 Å². The van der Waals surface area contributed by atoms with E-state index in [0.717, 1.165) is 43.5 Å². The van der Waals surface area contributed by atoms with Crippen LogP contribution >= 0.6 is 11.8 Å². The van der Waals surface area contributed by atoms with Gasteiger partial charge in [0.25, 0.3) is 5.56 Å². The van der Waals surface area contributed by atoms with Gasteiger partial charge in [0.15, 0.2) is 0 Å². The van der Waals surface area contributed by atoms with Crippen molar-refractivity contribution in [2.24, 2.45) is 0 Å². The van der Waals surface area contributed by atoms with Crippen molar-refractivity contribution in [3.63, 3.8) is 0 Å². The Bertz CT molecular complexity index is 914. The van der Waals surface area contributed by atoms with Gasteiger partial charge in [-0.05, 0) is 37.5 Å². The minimum Gasteiger partial charge on any atom is -0.309 e. The second kappa shape index (κ2) is 5.85. The minimum atomic E-state index is 0.00631. The highest BCUT2D eigenvalue weighted by atomic mass is 32.2. The molecule has 6 heteroatoms. The molecule has 1 aliphatic rings. The van der Waals surface area contributed by atoms with Crippen LogP contribution < -0.4 is 5.56 Å². The molecule has 4 rings (SSSR count). The van der Waals surface area contributed by atoms with Gasteiger partial charge in [-0.2, -0.15) is 9.50 Å². The Balaban J connectivity index is 1.98. The van der Waals surface area contributed by atoms with E-state index in [2.05, 4.69) is 26.8 Å². The quantitative estimate of drug-likeness (QED) is 0.694. The molecule has 0 saturated carbocycles. The summed E-state index contributed by atoms with van der Waals surface area (Å²) in [5.74, 6) is 0.656. The zero-order valence-electron chi connectivity index (χ0n) is 13.0. The summed E-state index contributed by atoms with van der Waals surface area (Å²) in [4.78, 5) is 17.3. The van der Waals surface area contributed by atoms with E-state index in [9.17, 15) is 4.79 Å². The van der Waals surface area contributed by atoms with Gasteiger partial charge in [-0.25, -0.2) is 0 Å². The Morgan fingerprint density at radius 3 is 2.74 bits per heavy atom. The standard InChI is InChI=1S/C17H18N4OS/c1-23-16-18-17-20(11-12-7-3-2-4-8-12)14-10-6-5-9-13(14)15(22)21(17)19-16/h2-4,7-8H,5-6,9-11H2,1H3. The van der Waals surface area contributed by atoms with Crippen LogP contribution in [0.5, 0.6) is 0 Å². The van der Waals surface area contributed by atoms with Crippen molar-refractivity contribution in [3.8, 4) is 0 Å². The van der Waals surface area contributed by atoms with Crippen molar-refractivity contribution < 1.29 is 0 Å². The topological polar surface area (TPSA) is 52.2 Å². The van der Waals surface area contributed by atoms with Crippen LogP contribution in [0, 0.1) is 0 Å². The van der Waals surface area contributed by atoms with Crippen LogP contribution in [-0.4, -0.2) is 25.4 Å². The van der Waals surface area contributed by atoms with Gasteiger partial charge in [-0.1, -0.05) is 42.1 Å². The van der Waals surface area contributed by atoms with Gasteiger partial charge in [-0.15, -0.1) is 5.10 Å². The van der Waals surface area contributed by atoms with E-state index < -0.39 is 0 Å². The highest BCUT2D eigenvalue weighted by molar-refractivity contribution is 7.98. The van der Waals surface area contributed by atoms with E-state index in [4.69, 9.17) is 0 Å². The molecule has 1 aliphatic carbocycles. The molecule has 0 unspecified atom stereocenters. The maximum absolute atomic E-state index is 12.7. The van der Waals surface area contributed by atoms with E-state index in [0.29, 0.717) is 10.9 Å². The molecule has 23 heavy (non-hydrogen) atoms. The molecule has 118 valence electrons. The van der Waals surface area contributed by atoms with Gasteiger partial charge in [0.2, 0.25) is 10.9 Å². The van der Waals surface area contributed by atoms with E-state index in [1.807, 2.05) is 24.5 Å². The molecular formula is C17H18N4OS. The highest BCUT2D eigenvalue weighted by Gasteiger charge is 2.22. The summed E-state index contributed by atoms with van der Waals surface area (Å²) in [6.45, 7) is 0.722. The van der Waals surface area contributed by atoms with E-state index in [1.165, 1.54) is 21.8 Å². The molecule has 0 amide bonds. The fourth-order valence-electron chi connectivity index (χ4n) is 3.28. The van der Waals surface area contributed by atoms with Crippen LogP contribution in [0.25, 0.3) is 5.78 Å². The molecule has 0 bridgehead atoms. The zero-order chi connectivity index (χ0) is 15.8. The summed E-state index contributed by atoms with van der Waals surface area (Å²) in [6.07, 6.45) is 5.91. The van der Waals surface area contributed by atoms with Gasteiger partial charge in [-0.3, -0.25) is 4.79 Å². The normalized spacial score (nSPS) is 14.1. The van der Waals surface area contributed by atoms with Crippen LogP contribution in [0.3, 0.4) is 0 Å². The summed E-state index contributed by atoms with van der Waals surface area (Å²) in [5, 5.41) is 5.02. The lowest BCUT2D eigenvalue weighted by molar-refractivity contribution is 0.596. The number of benzene rings is 1. The second-order valence-corrected chi connectivity index (χ2v) is 6.59. The SMILES string of the molecule is CSc1nc2n(Cc3ccccc3)c3c(c(=O)n2n1)CCCC3. The summed E-state index contributed by atoms with van der Waals surface area (Å²) < 4.78 is 3.66. The number of fused-ring (bicyclic) bond motifs is 2. The number of hydrogen-bond acceptors (Lipinski definition) is 4. The second-order valence-electron chi connectivity index (χ2n) is 5.82. The molecule has 2 heterocycles. The van der Waals surface area contributed by atoms with E-state index >= 15 is 0 Å². The number of thioether (sulfide) groups is 1. The largest absolute Gasteiger partial charge is 0.309 e. The van der Waals surface area contributed by atoms with Gasteiger partial charge in [0.05, 0.1) is 6.54 Å². The van der Waals surface area contributed by atoms with E-state index in [1.54, 1.807) is 0 Å². The number of aromatic nitrogens is 4. The third kappa shape index (κ3) is 2.47. The van der Waals surface area contributed by atoms with Gasteiger partial charge in [0, 0.05) is 11.3 Å². The van der Waals surface area contributed by atoms with Crippen molar-refractivity contribution in [2.75, 3.05) is 6.26 Å². The molecule has 1 aromatic carbocycles. The van der Waals surface area contributed by atoms with Gasteiger partial charge >= 0.3 is 0 Å². The average molecular weight is 326 g/mol. The lowest BCUT2D eigenvalue weighted by Crippen LogP contribution is -2.29. The molecule has 0 aliphatic heterocycles. The van der Waals surface area contributed by atoms with Crippen molar-refractivity contribution in [1.29, 1.82) is 0 Å². The fourth-order valence-corrected chi connectivity index (χ4v) is 3.62. The lowest BCUT2D eigenvalue weighted by atomic mass is 9.96. The summed E-state index contributed by atoms with van der Waals surface area (Å²) in [5.41, 5.74) is 3.27. The molecule has 0 saturated heterocycles. The Morgan fingerprint density at radius 1 is 1.17 bits per heavy atom. The number of rotatable bonds is 3. The van der Waals surface area contributed by atoms with Gasteiger partial charge < -0.3 is 4.57 Å². The Morgan fingerprint density at radius 2 is 1.96 bits per heavy atom. The molecule has 5 nitrogen and oxygen atoms in total. The highest BCUT2D eigenvalue weighted by Crippen LogP contribution is 2.22. The van der Waals surface area contributed by atoms with Crippen LogP contribution in [0.2, 0.25) is 0 Å². The molecule has 0 atom stereocenters. The van der Waals surface area contributed by atoms with Crippen molar-refractivity contribution in [3.05, 3.63) is 57.5 Å². The predicted molar refractivity (Wildman–Crippen MR) is 91.2 cm³/mol. The molecule has 2 aromatic heterocycles. The third-order valence-corrected chi connectivity index (χ3v) is 4.93. The molecule has 0 fully saturated rings. The first-order valence-corrected chi connectivity index (χ1v) is 9.09. The molecule has 3 aromatic rings. The number of hydrogen-bond donors (Lipinski definition) is 0. The Kier molecular flexibility index (Phi) is 3.69. The first kappa shape index (κ1) is 14.5. The zero-order valence-corrected chi connectivity index (χ0v) is 13.8. The molecule has 0 N–H and O–H groups in total. The molecular weight excluding hydrogens is 308 g/mol. The van der Waals surface area contributed by atoms with Crippen LogP contribution in [0.15, 0.2) is 40.3 Å². The summed E-state index contributed by atoms with van der Waals surface area (Å²) >= 11 is 1.47. The summed E-state index contributed by atoms with van der Waals surface area (Å²) in [7, 11) is 0. The van der Waals surface area contributed by atoms with Crippen molar-refractivity contribution in [1.82, 2.24) is 19.2 Å². The summed E-state index contributed by atoms with van der Waals surface area (Å²) in [6, 6.07) is 10.3. The van der Waals surface area contributed by atoms with E-state index in [-0.39, 0.29) is 5.56 Å².